The van der Waals surface area contributed by atoms with Crippen molar-refractivity contribution in [2.24, 2.45) is 5.41 Å². The third kappa shape index (κ3) is 4.89. The van der Waals surface area contributed by atoms with E-state index in [4.69, 9.17) is 4.74 Å². The van der Waals surface area contributed by atoms with Crippen LogP contribution in [0, 0.1) is 29.5 Å². The summed E-state index contributed by atoms with van der Waals surface area (Å²) in [4.78, 5) is 28.5. The van der Waals surface area contributed by atoms with Crippen molar-refractivity contribution in [1.82, 2.24) is 5.32 Å². The van der Waals surface area contributed by atoms with Crippen molar-refractivity contribution in [3.05, 3.63) is 87.1 Å². The smallest absolute Gasteiger partial charge is 0.242 e. The minimum Gasteiger partial charge on any atom is -0.495 e. The summed E-state index contributed by atoms with van der Waals surface area (Å²) in [5.74, 6) is -1.70. The first-order chi connectivity index (χ1) is 19.4. The quantitative estimate of drug-likeness (QED) is 0.317. The van der Waals surface area contributed by atoms with Gasteiger partial charge >= 0.3 is 0 Å². The van der Waals surface area contributed by atoms with Crippen LogP contribution >= 0.6 is 15.9 Å². The van der Waals surface area contributed by atoms with Crippen molar-refractivity contribution >= 4 is 39.1 Å². The average Bonchev–Trinajstić information content (AvgIpc) is 3.39. The van der Waals surface area contributed by atoms with Crippen LogP contribution in [0.15, 0.2) is 59.1 Å². The summed E-state index contributed by atoms with van der Waals surface area (Å²) < 4.78 is 22.3. The lowest BCUT2D eigenvalue weighted by molar-refractivity contribution is -0.122. The van der Waals surface area contributed by atoms with Crippen molar-refractivity contribution in [1.29, 1.82) is 5.26 Å². The molecule has 5 rings (SSSR count). The fourth-order valence-electron chi connectivity index (χ4n) is 6.38. The van der Waals surface area contributed by atoms with E-state index in [0.29, 0.717) is 40.2 Å². The van der Waals surface area contributed by atoms with Crippen LogP contribution < -0.4 is 20.7 Å². The monoisotopic (exact) mass is 618 g/mol. The molecule has 2 amide bonds. The molecule has 41 heavy (non-hydrogen) atoms. The molecule has 1 saturated heterocycles. The van der Waals surface area contributed by atoms with Crippen LogP contribution in [0.4, 0.5) is 15.8 Å². The number of carbonyl (C=O) groups excluding carboxylic acids is 2. The van der Waals surface area contributed by atoms with Gasteiger partial charge in [-0.1, -0.05) is 61.0 Å². The largest absolute Gasteiger partial charge is 0.495 e. The minimum atomic E-state index is -1.27. The second kappa shape index (κ2) is 10.6. The molecule has 3 N–H and O–H groups in total. The lowest BCUT2D eigenvalue weighted by atomic mass is 9.62. The van der Waals surface area contributed by atoms with Gasteiger partial charge in [0, 0.05) is 28.2 Å². The van der Waals surface area contributed by atoms with E-state index >= 15 is 4.39 Å². The van der Waals surface area contributed by atoms with Crippen LogP contribution in [0.25, 0.3) is 0 Å². The Labute approximate surface area is 247 Å². The molecule has 2 aliphatic heterocycles. The number of methoxy groups -OCH3 is 1. The van der Waals surface area contributed by atoms with Gasteiger partial charge in [0.1, 0.15) is 17.0 Å². The number of nitrogens with zero attached hydrogens (tertiary/aromatic N) is 1. The van der Waals surface area contributed by atoms with E-state index in [1.54, 1.807) is 37.3 Å². The lowest BCUT2D eigenvalue weighted by Crippen LogP contribution is -2.49. The SMILES string of the molecule is COc1cc(C#N)ccc1NC(=O)[C@@H]1NC(CC(C)(C)C)[C@@]2(C(=O)Nc3cc(Br)ccc32)C1c1cccc(C)c1F. The van der Waals surface area contributed by atoms with Gasteiger partial charge in [-0.05, 0) is 59.7 Å². The summed E-state index contributed by atoms with van der Waals surface area (Å²) in [5, 5.41) is 18.8. The van der Waals surface area contributed by atoms with Gasteiger partial charge < -0.3 is 20.7 Å². The topological polar surface area (TPSA) is 103 Å². The maximum atomic E-state index is 16.0. The summed E-state index contributed by atoms with van der Waals surface area (Å²) in [6.07, 6.45) is 0.545. The van der Waals surface area contributed by atoms with Gasteiger partial charge in [0.05, 0.1) is 30.5 Å². The van der Waals surface area contributed by atoms with Crippen LogP contribution in [0.5, 0.6) is 5.75 Å². The number of halogens is 2. The molecule has 2 aliphatic rings. The highest BCUT2D eigenvalue weighted by molar-refractivity contribution is 9.10. The second-order valence-corrected chi connectivity index (χ2v) is 12.9. The number of hydrogen-bond acceptors (Lipinski definition) is 5. The predicted octanol–water partition coefficient (Wildman–Crippen LogP) is 6.17. The van der Waals surface area contributed by atoms with Crippen LogP contribution in [-0.2, 0) is 15.0 Å². The van der Waals surface area contributed by atoms with E-state index in [2.05, 4.69) is 58.7 Å². The number of carbonyl (C=O) groups is 2. The molecule has 0 radical (unpaired) electrons. The molecule has 4 atom stereocenters. The molecule has 1 fully saturated rings. The Morgan fingerprint density at radius 2 is 1.95 bits per heavy atom. The number of aryl methyl sites for hydroxylation is 1. The first-order valence-corrected chi connectivity index (χ1v) is 14.2. The lowest BCUT2D eigenvalue weighted by Gasteiger charge is -2.37. The Kier molecular flexibility index (Phi) is 7.43. The summed E-state index contributed by atoms with van der Waals surface area (Å²) >= 11 is 3.50. The predicted molar refractivity (Wildman–Crippen MR) is 159 cm³/mol. The number of rotatable bonds is 5. The molecule has 3 aromatic carbocycles. The highest BCUT2D eigenvalue weighted by Crippen LogP contribution is 2.57. The number of anilines is 2. The summed E-state index contributed by atoms with van der Waals surface area (Å²) in [7, 11) is 1.46. The molecule has 2 heterocycles. The van der Waals surface area contributed by atoms with E-state index in [1.165, 1.54) is 13.2 Å². The van der Waals surface area contributed by atoms with Gasteiger partial charge in [-0.2, -0.15) is 5.26 Å². The zero-order chi connectivity index (χ0) is 29.7. The van der Waals surface area contributed by atoms with Gasteiger partial charge in [-0.3, -0.25) is 9.59 Å². The van der Waals surface area contributed by atoms with Gasteiger partial charge in [0.15, 0.2) is 0 Å². The van der Waals surface area contributed by atoms with E-state index in [0.717, 1.165) is 10.0 Å². The van der Waals surface area contributed by atoms with Gasteiger partial charge in [0.2, 0.25) is 11.8 Å². The van der Waals surface area contributed by atoms with Gasteiger partial charge in [-0.15, -0.1) is 0 Å². The first-order valence-electron chi connectivity index (χ1n) is 13.4. The second-order valence-electron chi connectivity index (χ2n) is 11.9. The van der Waals surface area contributed by atoms with Crippen LogP contribution in [0.3, 0.4) is 0 Å². The Hall–Kier alpha value is -3.74. The zero-order valence-electron chi connectivity index (χ0n) is 23.6. The number of fused-ring (bicyclic) bond motifs is 2. The van der Waals surface area contributed by atoms with Crippen molar-refractivity contribution in [3.63, 3.8) is 0 Å². The molecule has 1 spiro atoms. The third-order valence-electron chi connectivity index (χ3n) is 8.05. The average molecular weight is 620 g/mol. The first kappa shape index (κ1) is 28.8. The fraction of sp³-hybridized carbons (Fsp3) is 0.344. The number of benzene rings is 3. The summed E-state index contributed by atoms with van der Waals surface area (Å²) in [5.41, 5.74) is 1.35. The Balaban J connectivity index is 1.71. The van der Waals surface area contributed by atoms with E-state index < -0.39 is 35.1 Å². The van der Waals surface area contributed by atoms with Gasteiger partial charge in [-0.25, -0.2) is 4.39 Å². The zero-order valence-corrected chi connectivity index (χ0v) is 25.1. The Morgan fingerprint density at radius 1 is 1.20 bits per heavy atom. The molecular formula is C32H32BrFN4O3. The Bertz CT molecular complexity index is 1590. The van der Waals surface area contributed by atoms with E-state index in [1.807, 2.05) is 18.2 Å². The number of hydrogen-bond donors (Lipinski definition) is 3. The van der Waals surface area contributed by atoms with Crippen LogP contribution in [0.1, 0.15) is 55.4 Å². The molecule has 7 nitrogen and oxygen atoms in total. The van der Waals surface area contributed by atoms with Crippen LogP contribution in [0.2, 0.25) is 0 Å². The molecule has 2 unspecified atom stereocenters. The number of nitrogens with one attached hydrogen (secondary N) is 3. The number of nitriles is 1. The number of ether oxygens (including phenoxy) is 1. The standard InChI is InChI=1S/C32H32BrFN4O3/c1-17-7-6-8-20(27(17)34)26-28(29(39)36-22-12-9-18(16-35)13-24(22)41-5)38-25(15-31(2,3)4)32(26)21-11-10-19(33)14-23(21)37-30(32)40/h6-14,25-26,28,38H,15H2,1-5H3,(H,36,39)(H,37,40)/t25?,26?,28-,32-/m1/s1. The molecule has 3 aromatic rings. The molecule has 0 bridgehead atoms. The van der Waals surface area contributed by atoms with Crippen LogP contribution in [-0.4, -0.2) is 31.0 Å². The van der Waals surface area contributed by atoms with Crippen molar-refractivity contribution < 1.29 is 18.7 Å². The summed E-state index contributed by atoms with van der Waals surface area (Å²) in [6, 6.07) is 16.0. The maximum Gasteiger partial charge on any atom is 0.242 e. The molecule has 9 heteroatoms. The summed E-state index contributed by atoms with van der Waals surface area (Å²) in [6.45, 7) is 7.91. The molecule has 0 aliphatic carbocycles. The maximum absolute atomic E-state index is 16.0. The highest BCUT2D eigenvalue weighted by atomic mass is 79.9. The van der Waals surface area contributed by atoms with E-state index in [9.17, 15) is 14.9 Å². The third-order valence-corrected chi connectivity index (χ3v) is 8.54. The van der Waals surface area contributed by atoms with Gasteiger partial charge in [0.25, 0.3) is 0 Å². The van der Waals surface area contributed by atoms with E-state index in [-0.39, 0.29) is 11.3 Å². The minimum absolute atomic E-state index is 0.222. The van der Waals surface area contributed by atoms with Crippen molar-refractivity contribution in [2.45, 2.75) is 57.5 Å². The molecule has 0 saturated carbocycles. The van der Waals surface area contributed by atoms with Crippen molar-refractivity contribution in [2.75, 3.05) is 17.7 Å². The van der Waals surface area contributed by atoms with Crippen molar-refractivity contribution in [3.8, 4) is 11.8 Å². The number of amides is 2. The highest BCUT2D eigenvalue weighted by Gasteiger charge is 2.66. The normalized spacial score (nSPS) is 23.2. The Morgan fingerprint density at radius 3 is 2.63 bits per heavy atom. The molecule has 0 aromatic heterocycles. The fourth-order valence-corrected chi connectivity index (χ4v) is 6.74. The molecule has 212 valence electrons. The molecular weight excluding hydrogens is 587 g/mol.